The number of nitrogens with one attached hydrogen (secondary N) is 2. The van der Waals surface area contributed by atoms with Crippen molar-refractivity contribution in [2.45, 2.75) is 12.4 Å². The number of primary amides is 1. The first kappa shape index (κ1) is 20.0. The topological polar surface area (TPSA) is 110 Å². The highest BCUT2D eigenvalue weighted by Crippen LogP contribution is 2.29. The number of urea groups is 1. The third-order valence-corrected chi connectivity index (χ3v) is 3.95. The highest BCUT2D eigenvalue weighted by molar-refractivity contribution is 5.98. The van der Waals surface area contributed by atoms with E-state index in [-0.39, 0.29) is 12.1 Å². The molecule has 29 heavy (non-hydrogen) atoms. The van der Waals surface area contributed by atoms with Crippen LogP contribution in [0.15, 0.2) is 54.9 Å². The van der Waals surface area contributed by atoms with Gasteiger partial charge < -0.3 is 21.1 Å². The second kappa shape index (κ2) is 7.70. The van der Waals surface area contributed by atoms with Crippen LogP contribution in [0.4, 0.5) is 29.5 Å². The van der Waals surface area contributed by atoms with Crippen LogP contribution in [0, 0.1) is 0 Å². The fraction of sp³-hybridized carbons (Fsp3) is 0.167. The number of carbonyl (C=O) groups is 2. The lowest BCUT2D eigenvalue weighted by atomic mass is 10.1. The van der Waals surface area contributed by atoms with E-state index in [2.05, 4.69) is 26.9 Å². The van der Waals surface area contributed by atoms with E-state index in [4.69, 9.17) is 5.73 Å². The molecule has 3 rings (SSSR count). The van der Waals surface area contributed by atoms with Crippen molar-refractivity contribution in [3.8, 4) is 5.75 Å². The maximum atomic E-state index is 12.8. The SMILES string of the molecule is C=C1CN(C(=O)NC(C(N)=O)c2ccc(OC(F)(F)F)cc2)c2ncccc2N1. The van der Waals surface area contributed by atoms with Gasteiger partial charge in [-0.25, -0.2) is 9.78 Å². The van der Waals surface area contributed by atoms with Gasteiger partial charge in [-0.15, -0.1) is 13.2 Å². The number of hydrogen-bond donors (Lipinski definition) is 3. The van der Waals surface area contributed by atoms with Crippen LogP contribution < -0.4 is 26.0 Å². The van der Waals surface area contributed by atoms with E-state index in [0.29, 0.717) is 17.2 Å². The van der Waals surface area contributed by atoms with Gasteiger partial charge in [0, 0.05) is 11.9 Å². The minimum absolute atomic E-state index is 0.0969. The number of rotatable bonds is 4. The van der Waals surface area contributed by atoms with Gasteiger partial charge in [0.15, 0.2) is 5.82 Å². The number of alkyl halides is 3. The summed E-state index contributed by atoms with van der Waals surface area (Å²) < 4.78 is 40.6. The van der Waals surface area contributed by atoms with E-state index in [0.717, 1.165) is 12.1 Å². The fourth-order valence-corrected chi connectivity index (χ4v) is 2.76. The molecule has 2 heterocycles. The number of ether oxygens (including phenoxy) is 1. The summed E-state index contributed by atoms with van der Waals surface area (Å²) in [7, 11) is 0. The van der Waals surface area contributed by atoms with Gasteiger partial charge in [-0.3, -0.25) is 9.69 Å². The minimum atomic E-state index is -4.84. The van der Waals surface area contributed by atoms with Crippen molar-refractivity contribution < 1.29 is 27.5 Å². The highest BCUT2D eigenvalue weighted by Gasteiger charge is 2.32. The Hall–Kier alpha value is -3.76. The van der Waals surface area contributed by atoms with Crippen LogP contribution in [-0.2, 0) is 4.79 Å². The molecule has 1 aromatic carbocycles. The smallest absolute Gasteiger partial charge is 0.406 e. The van der Waals surface area contributed by atoms with E-state index >= 15 is 0 Å². The lowest BCUT2D eigenvalue weighted by Crippen LogP contribution is -2.48. The molecule has 0 saturated heterocycles. The summed E-state index contributed by atoms with van der Waals surface area (Å²) in [6.45, 7) is 3.90. The Morgan fingerprint density at radius 2 is 1.97 bits per heavy atom. The maximum absolute atomic E-state index is 12.8. The van der Waals surface area contributed by atoms with Crippen molar-refractivity contribution in [3.63, 3.8) is 0 Å². The van der Waals surface area contributed by atoms with E-state index in [1.807, 2.05) is 0 Å². The average molecular weight is 407 g/mol. The zero-order chi connectivity index (χ0) is 21.2. The fourth-order valence-electron chi connectivity index (χ4n) is 2.76. The molecule has 1 aliphatic heterocycles. The lowest BCUT2D eigenvalue weighted by molar-refractivity contribution is -0.274. The van der Waals surface area contributed by atoms with Crippen LogP contribution in [-0.4, -0.2) is 29.8 Å². The normalized spacial score (nSPS) is 14.4. The van der Waals surface area contributed by atoms with E-state index < -0.39 is 30.1 Å². The van der Waals surface area contributed by atoms with Crippen molar-refractivity contribution in [2.75, 3.05) is 16.8 Å². The Morgan fingerprint density at radius 1 is 1.28 bits per heavy atom. The van der Waals surface area contributed by atoms with Crippen LogP contribution in [0.2, 0.25) is 0 Å². The first-order chi connectivity index (χ1) is 13.6. The molecule has 0 bridgehead atoms. The second-order valence-corrected chi connectivity index (χ2v) is 6.09. The largest absolute Gasteiger partial charge is 0.573 e. The Labute approximate surface area is 163 Å². The van der Waals surface area contributed by atoms with Gasteiger partial charge in [0.2, 0.25) is 5.91 Å². The Morgan fingerprint density at radius 3 is 2.59 bits per heavy atom. The van der Waals surface area contributed by atoms with Gasteiger partial charge in [-0.2, -0.15) is 0 Å². The van der Waals surface area contributed by atoms with E-state index in [1.54, 1.807) is 12.1 Å². The van der Waals surface area contributed by atoms with Crippen molar-refractivity contribution >= 4 is 23.4 Å². The number of pyridine rings is 1. The molecule has 11 heteroatoms. The van der Waals surface area contributed by atoms with Gasteiger partial charge in [0.1, 0.15) is 11.8 Å². The van der Waals surface area contributed by atoms with Gasteiger partial charge >= 0.3 is 12.4 Å². The molecule has 152 valence electrons. The number of aromatic nitrogens is 1. The monoisotopic (exact) mass is 407 g/mol. The predicted octanol–water partition coefficient (Wildman–Crippen LogP) is 2.66. The number of halogens is 3. The van der Waals surface area contributed by atoms with Crippen molar-refractivity contribution in [1.29, 1.82) is 0 Å². The number of anilines is 2. The molecule has 0 saturated carbocycles. The summed E-state index contributed by atoms with van der Waals surface area (Å²) in [5, 5.41) is 5.47. The van der Waals surface area contributed by atoms with E-state index in [1.165, 1.54) is 23.2 Å². The number of carbonyl (C=O) groups excluding carboxylic acids is 2. The van der Waals surface area contributed by atoms with E-state index in [9.17, 15) is 22.8 Å². The van der Waals surface area contributed by atoms with Crippen LogP contribution in [0.1, 0.15) is 11.6 Å². The molecule has 0 radical (unpaired) electrons. The van der Waals surface area contributed by atoms with Crippen molar-refractivity contribution in [2.24, 2.45) is 5.73 Å². The Bertz CT molecular complexity index is 947. The molecule has 1 unspecified atom stereocenters. The molecule has 0 fully saturated rings. The second-order valence-electron chi connectivity index (χ2n) is 6.09. The van der Waals surface area contributed by atoms with Gasteiger partial charge in [-0.05, 0) is 29.8 Å². The van der Waals surface area contributed by atoms with Gasteiger partial charge in [0.25, 0.3) is 0 Å². The van der Waals surface area contributed by atoms with Gasteiger partial charge in [-0.1, -0.05) is 18.7 Å². The van der Waals surface area contributed by atoms with Crippen LogP contribution in [0.5, 0.6) is 5.75 Å². The third-order valence-electron chi connectivity index (χ3n) is 3.95. The number of hydrogen-bond acceptors (Lipinski definition) is 5. The summed E-state index contributed by atoms with van der Waals surface area (Å²) in [5.41, 5.74) is 6.66. The molecule has 1 atom stereocenters. The third kappa shape index (κ3) is 4.75. The standard InChI is InChI=1S/C18H16F3N5O3/c1-10-9-26(16-13(24-10)3-2-8-23-16)17(28)25-14(15(22)27)11-4-6-12(7-5-11)29-18(19,20)21/h2-8,14,24H,1,9H2,(H2,22,27)(H,25,28). The number of nitrogens with two attached hydrogens (primary N) is 1. The summed E-state index contributed by atoms with van der Waals surface area (Å²) >= 11 is 0. The Kier molecular flexibility index (Phi) is 5.31. The zero-order valence-electron chi connectivity index (χ0n) is 14.9. The van der Waals surface area contributed by atoms with Crippen LogP contribution >= 0.6 is 0 Å². The first-order valence-corrected chi connectivity index (χ1v) is 8.27. The number of amides is 3. The van der Waals surface area contributed by atoms with Gasteiger partial charge in [0.05, 0.1) is 12.2 Å². The predicted molar refractivity (Wildman–Crippen MR) is 97.9 cm³/mol. The quantitative estimate of drug-likeness (QED) is 0.722. The number of fused-ring (bicyclic) bond motifs is 1. The molecule has 8 nitrogen and oxygen atoms in total. The minimum Gasteiger partial charge on any atom is -0.406 e. The summed E-state index contributed by atoms with van der Waals surface area (Å²) in [4.78, 5) is 30.1. The molecular weight excluding hydrogens is 391 g/mol. The lowest BCUT2D eigenvalue weighted by Gasteiger charge is -2.31. The molecule has 1 aromatic heterocycles. The first-order valence-electron chi connectivity index (χ1n) is 8.27. The van der Waals surface area contributed by atoms with Crippen LogP contribution in [0.3, 0.4) is 0 Å². The zero-order valence-corrected chi connectivity index (χ0v) is 14.9. The maximum Gasteiger partial charge on any atom is 0.573 e. The molecule has 3 amide bonds. The summed E-state index contributed by atoms with van der Waals surface area (Å²) in [5.74, 6) is -1.03. The molecule has 1 aliphatic rings. The van der Waals surface area contributed by atoms with Crippen LogP contribution in [0.25, 0.3) is 0 Å². The number of nitrogens with zero attached hydrogens (tertiary/aromatic N) is 2. The molecule has 4 N–H and O–H groups in total. The summed E-state index contributed by atoms with van der Waals surface area (Å²) in [6.07, 6.45) is -3.34. The summed E-state index contributed by atoms with van der Waals surface area (Å²) in [6, 6.07) is 5.89. The highest BCUT2D eigenvalue weighted by atomic mass is 19.4. The number of benzene rings is 1. The molecule has 2 aromatic rings. The molecule has 0 spiro atoms. The average Bonchev–Trinajstić information content (AvgIpc) is 2.64. The molecule has 0 aliphatic carbocycles. The van der Waals surface area contributed by atoms with Crippen molar-refractivity contribution in [3.05, 3.63) is 60.4 Å². The molecular formula is C18H16F3N5O3. The Balaban J connectivity index is 1.80. The van der Waals surface area contributed by atoms with Crippen molar-refractivity contribution in [1.82, 2.24) is 10.3 Å².